The summed E-state index contributed by atoms with van der Waals surface area (Å²) in [5.74, 6) is -7.08. The molecule has 1 aliphatic heterocycles. The topological polar surface area (TPSA) is 279 Å². The molecule has 4 atom stereocenters. The van der Waals surface area contributed by atoms with Crippen LogP contribution in [0.25, 0.3) is 27.8 Å². The summed E-state index contributed by atoms with van der Waals surface area (Å²) >= 11 is 0. The molecule has 52 heavy (non-hydrogen) atoms. The average molecular weight is 709 g/mol. The van der Waals surface area contributed by atoms with Crippen molar-refractivity contribution >= 4 is 45.8 Å². The monoisotopic (exact) mass is 708 g/mol. The number of amides is 3. The molecule has 264 valence electrons. The van der Waals surface area contributed by atoms with Gasteiger partial charge in [-0.2, -0.15) is 0 Å². The van der Waals surface area contributed by atoms with Crippen LogP contribution in [0.15, 0.2) is 108 Å². The van der Waals surface area contributed by atoms with Crippen LogP contribution in [0.2, 0.25) is 0 Å². The van der Waals surface area contributed by atoms with Gasteiger partial charge in [0.25, 0.3) is 17.7 Å². The van der Waals surface area contributed by atoms with Gasteiger partial charge < -0.3 is 49.4 Å². The maximum atomic E-state index is 12.8. The van der Waals surface area contributed by atoms with Crippen LogP contribution in [-0.4, -0.2) is 49.6 Å². The molecule has 0 spiro atoms. The molecular formula is C36H28N4O12. The standard InChI is InChI=1S/C18H18N2O8.C18H10N2O4/c19-15(23)17(25,13-3-1-5-27-13)9-7-12(22)10(8-11(9)21)18(26,16(20)24)14-4-2-6-28-14;21-17-15(13-3-1-5-23-13)9-7-12-10(8-11(9)19-17)16(18(22)20-12)14-4-2-6-24-14/h1-6,9-10,25-26H,7-8H2,(H2,19,23)(H2,20,24);1-8,19,21H. The van der Waals surface area contributed by atoms with Crippen LogP contribution in [0.3, 0.4) is 0 Å². The number of fused-ring (bicyclic) bond motifs is 2. The zero-order valence-corrected chi connectivity index (χ0v) is 26.8. The van der Waals surface area contributed by atoms with Gasteiger partial charge in [-0.15, -0.1) is 0 Å². The molecule has 0 bridgehead atoms. The van der Waals surface area contributed by atoms with Gasteiger partial charge in [0.15, 0.2) is 0 Å². The van der Waals surface area contributed by atoms with Crippen molar-refractivity contribution in [2.75, 3.05) is 0 Å². The van der Waals surface area contributed by atoms with Crippen molar-refractivity contribution < 1.29 is 57.0 Å². The number of nitrogens with zero attached hydrogens (tertiary/aromatic N) is 1. The Morgan fingerprint density at radius 2 is 1.25 bits per heavy atom. The Labute approximate surface area is 290 Å². The average Bonchev–Trinajstić information content (AvgIpc) is 3.95. The summed E-state index contributed by atoms with van der Waals surface area (Å²) in [6, 6.07) is 15.8. The lowest BCUT2D eigenvalue weighted by Gasteiger charge is -2.38. The number of hydrogen-bond donors (Lipinski definition) is 6. The van der Waals surface area contributed by atoms with Crippen LogP contribution in [-0.2, 0) is 35.2 Å². The number of rotatable bonds is 8. The highest BCUT2D eigenvalue weighted by Gasteiger charge is 2.59. The molecule has 4 unspecified atom stereocenters. The number of aliphatic hydroxyl groups is 2. The van der Waals surface area contributed by atoms with E-state index in [9.17, 15) is 39.3 Å². The highest BCUT2D eigenvalue weighted by atomic mass is 16.4. The van der Waals surface area contributed by atoms with E-state index in [0.29, 0.717) is 38.7 Å². The number of primary amides is 2. The van der Waals surface area contributed by atoms with E-state index in [0.717, 1.165) is 5.39 Å². The minimum Gasteiger partial charge on any atom is -0.494 e. The Bertz CT molecular complexity index is 2400. The Hall–Kier alpha value is -6.78. The molecule has 2 aliphatic rings. The largest absolute Gasteiger partial charge is 0.494 e. The van der Waals surface area contributed by atoms with E-state index >= 15 is 0 Å². The number of nitrogens with one attached hydrogen (secondary N) is 1. The minimum atomic E-state index is -2.56. The summed E-state index contributed by atoms with van der Waals surface area (Å²) in [5, 5.41) is 33.9. The van der Waals surface area contributed by atoms with E-state index < -0.39 is 59.3 Å². The van der Waals surface area contributed by atoms with Gasteiger partial charge in [0, 0.05) is 29.0 Å². The Kier molecular flexibility index (Phi) is 8.12. The fourth-order valence-electron chi connectivity index (χ4n) is 6.72. The van der Waals surface area contributed by atoms with Crippen molar-refractivity contribution in [3.63, 3.8) is 0 Å². The van der Waals surface area contributed by atoms with E-state index in [-0.39, 0.29) is 23.3 Å². The quantitative estimate of drug-likeness (QED) is 0.130. The molecule has 8 rings (SSSR count). The zero-order chi connectivity index (χ0) is 36.9. The van der Waals surface area contributed by atoms with Crippen molar-refractivity contribution in [2.24, 2.45) is 28.3 Å². The van der Waals surface area contributed by atoms with Crippen LogP contribution < -0.4 is 22.0 Å². The minimum absolute atomic E-state index is 0.00880. The van der Waals surface area contributed by atoms with Crippen LogP contribution >= 0.6 is 0 Å². The maximum absolute atomic E-state index is 12.8. The maximum Gasteiger partial charge on any atom is 0.282 e. The van der Waals surface area contributed by atoms with Crippen molar-refractivity contribution in [1.29, 1.82) is 0 Å². The van der Waals surface area contributed by atoms with Gasteiger partial charge in [0.05, 0.1) is 53.4 Å². The Morgan fingerprint density at radius 3 is 1.71 bits per heavy atom. The molecule has 16 heteroatoms. The van der Waals surface area contributed by atoms with Gasteiger partial charge in [-0.25, -0.2) is 4.99 Å². The molecule has 1 aromatic carbocycles. The van der Waals surface area contributed by atoms with E-state index in [1.807, 2.05) is 0 Å². The zero-order valence-electron chi connectivity index (χ0n) is 26.8. The molecule has 1 aliphatic carbocycles. The molecule has 6 aromatic rings. The number of carbonyl (C=O) groups is 5. The number of aromatic amines is 1. The van der Waals surface area contributed by atoms with Gasteiger partial charge in [-0.05, 0) is 60.7 Å². The van der Waals surface area contributed by atoms with Gasteiger partial charge in [0.1, 0.15) is 34.6 Å². The number of furan rings is 4. The molecule has 8 N–H and O–H groups in total. The van der Waals surface area contributed by atoms with Gasteiger partial charge >= 0.3 is 0 Å². The number of carbonyl (C=O) groups excluding carboxylic acids is 5. The molecule has 0 radical (unpaired) electrons. The number of ketones is 2. The number of H-pyrrole nitrogens is 1. The lowest BCUT2D eigenvalue weighted by molar-refractivity contribution is -0.169. The number of Topliss-reactive ketones (excluding diaryl/α,β-unsaturated/α-hetero) is 2. The summed E-state index contributed by atoms with van der Waals surface area (Å²) < 4.78 is 20.8. The second-order valence-corrected chi connectivity index (χ2v) is 12.2. The van der Waals surface area contributed by atoms with E-state index in [4.69, 9.17) is 29.1 Å². The molecule has 1 fully saturated rings. The van der Waals surface area contributed by atoms with Gasteiger partial charge in [-0.3, -0.25) is 24.0 Å². The molecule has 5 aromatic heterocycles. The fraction of sp³-hybridized carbons (Fsp3) is 0.167. The number of hydrogen-bond acceptors (Lipinski definition) is 12. The second-order valence-electron chi connectivity index (χ2n) is 12.2. The third kappa shape index (κ3) is 5.24. The van der Waals surface area contributed by atoms with Crippen LogP contribution in [0, 0.1) is 11.8 Å². The predicted molar refractivity (Wildman–Crippen MR) is 174 cm³/mol. The van der Waals surface area contributed by atoms with Crippen LogP contribution in [0.1, 0.15) is 30.1 Å². The van der Waals surface area contributed by atoms with Crippen LogP contribution in [0.4, 0.5) is 0 Å². The molecule has 6 heterocycles. The number of benzene rings is 1. The highest BCUT2D eigenvalue weighted by Crippen LogP contribution is 2.43. The first-order valence-electron chi connectivity index (χ1n) is 15.6. The lowest BCUT2D eigenvalue weighted by Crippen LogP contribution is -2.57. The van der Waals surface area contributed by atoms with E-state index in [1.165, 1.54) is 49.3 Å². The molecule has 0 saturated heterocycles. The summed E-state index contributed by atoms with van der Waals surface area (Å²) in [6.07, 6.45) is 4.06. The lowest BCUT2D eigenvalue weighted by atomic mass is 9.66. The van der Waals surface area contributed by atoms with Crippen molar-refractivity contribution in [2.45, 2.75) is 24.0 Å². The normalized spacial score (nSPS) is 19.3. The van der Waals surface area contributed by atoms with E-state index in [2.05, 4.69) is 9.98 Å². The third-order valence-electron chi connectivity index (χ3n) is 9.28. The second kappa shape index (κ2) is 12.5. The summed E-state index contributed by atoms with van der Waals surface area (Å²) in [5.41, 5.74) is 7.13. The number of aromatic hydroxyl groups is 1. The van der Waals surface area contributed by atoms with E-state index in [1.54, 1.807) is 36.4 Å². The number of nitrogens with two attached hydrogens (primary N) is 2. The summed E-state index contributed by atoms with van der Waals surface area (Å²) in [4.78, 5) is 68.8. The summed E-state index contributed by atoms with van der Waals surface area (Å²) in [7, 11) is 0. The fourth-order valence-corrected chi connectivity index (χ4v) is 6.72. The first-order chi connectivity index (χ1) is 24.8. The van der Waals surface area contributed by atoms with Crippen molar-refractivity contribution in [3.05, 3.63) is 114 Å². The SMILES string of the molecule is NC(=O)C(O)(c1ccco1)C1CC(=O)C(C(O)(C(N)=O)c2ccco2)CC1=O.O=C1N=c2cc3c(-c4ccco4)c(O)[nH]c3cc2=C1c1ccco1. The molecule has 3 amide bonds. The molecular weight excluding hydrogens is 680 g/mol. The number of aromatic nitrogens is 1. The Balaban J connectivity index is 0.000000163. The third-order valence-corrected chi connectivity index (χ3v) is 9.28. The Morgan fingerprint density at radius 1 is 0.750 bits per heavy atom. The first-order valence-corrected chi connectivity index (χ1v) is 15.6. The van der Waals surface area contributed by atoms with Gasteiger partial charge in [-0.1, -0.05) is 0 Å². The highest BCUT2D eigenvalue weighted by molar-refractivity contribution is 6.20. The van der Waals surface area contributed by atoms with Crippen LogP contribution in [0.5, 0.6) is 5.88 Å². The van der Waals surface area contributed by atoms with Crippen molar-refractivity contribution in [1.82, 2.24) is 4.98 Å². The summed E-state index contributed by atoms with van der Waals surface area (Å²) in [6.45, 7) is 0. The molecule has 16 nitrogen and oxygen atoms in total. The predicted octanol–water partition coefficient (Wildman–Crippen LogP) is 1.17. The smallest absolute Gasteiger partial charge is 0.282 e. The van der Waals surface area contributed by atoms with Gasteiger partial charge in [0.2, 0.25) is 17.1 Å². The first kappa shape index (κ1) is 33.7. The molecule has 1 saturated carbocycles. The van der Waals surface area contributed by atoms with Crippen molar-refractivity contribution in [3.8, 4) is 17.2 Å².